The quantitative estimate of drug-likeness (QED) is 0.794. The van der Waals surface area contributed by atoms with E-state index in [1.54, 1.807) is 12.1 Å². The molecule has 0 amide bonds. The van der Waals surface area contributed by atoms with Crippen molar-refractivity contribution in [2.45, 2.75) is 18.6 Å². The van der Waals surface area contributed by atoms with Crippen LogP contribution in [0.2, 0.25) is 5.02 Å². The lowest BCUT2D eigenvalue weighted by atomic mass is 10.1. The molecule has 0 unspecified atom stereocenters. The maximum Gasteiger partial charge on any atom is 0.176 e. The third-order valence-corrected chi connectivity index (χ3v) is 4.55. The Hall–Kier alpha value is -0.510. The summed E-state index contributed by atoms with van der Waals surface area (Å²) in [4.78, 5) is 14.4. The smallest absolute Gasteiger partial charge is 0.176 e. The van der Waals surface area contributed by atoms with Crippen molar-refractivity contribution in [1.29, 1.82) is 0 Å². The highest BCUT2D eigenvalue weighted by Gasteiger charge is 2.28. The molecule has 1 aromatic rings. The van der Waals surface area contributed by atoms with E-state index in [1.165, 1.54) is 0 Å². The highest BCUT2D eigenvalue weighted by atomic mass is 35.5. The van der Waals surface area contributed by atoms with Crippen LogP contribution in [0.4, 0.5) is 0 Å². The van der Waals surface area contributed by atoms with E-state index in [9.17, 15) is 4.79 Å². The highest BCUT2D eigenvalue weighted by molar-refractivity contribution is 8.00. The second kappa shape index (κ2) is 5.64. The van der Waals surface area contributed by atoms with Crippen molar-refractivity contribution in [3.05, 3.63) is 34.9 Å². The van der Waals surface area contributed by atoms with Gasteiger partial charge >= 0.3 is 0 Å². The largest absolute Gasteiger partial charge is 0.294 e. The molecule has 2 rings (SSSR count). The van der Waals surface area contributed by atoms with Crippen LogP contribution in [0, 0.1) is 0 Å². The van der Waals surface area contributed by atoms with E-state index in [-0.39, 0.29) is 10.5 Å². The van der Waals surface area contributed by atoms with Crippen LogP contribution in [0.25, 0.3) is 0 Å². The van der Waals surface area contributed by atoms with Gasteiger partial charge in [-0.15, -0.1) is 0 Å². The summed E-state index contributed by atoms with van der Waals surface area (Å²) in [7, 11) is 0. The summed E-state index contributed by atoms with van der Waals surface area (Å²) in [6, 6.07) is 7.19. The standard InChI is InChI=1S/C14H18ClNOS/c1-14(2)10-16(6-7-18-14)9-13(17)11-4-3-5-12(15)8-11/h3-5,8H,6-7,9-10H2,1-2H3. The van der Waals surface area contributed by atoms with Gasteiger partial charge in [-0.1, -0.05) is 23.7 Å². The average molecular weight is 284 g/mol. The zero-order chi connectivity index (χ0) is 13.2. The van der Waals surface area contributed by atoms with E-state index < -0.39 is 0 Å². The Balaban J connectivity index is 1.99. The molecule has 18 heavy (non-hydrogen) atoms. The van der Waals surface area contributed by atoms with Gasteiger partial charge in [0.15, 0.2) is 5.78 Å². The maximum atomic E-state index is 12.2. The van der Waals surface area contributed by atoms with Crippen LogP contribution in [-0.2, 0) is 0 Å². The third-order valence-electron chi connectivity index (χ3n) is 3.02. The zero-order valence-corrected chi connectivity index (χ0v) is 12.4. The van der Waals surface area contributed by atoms with E-state index in [1.807, 2.05) is 23.9 Å². The summed E-state index contributed by atoms with van der Waals surface area (Å²) >= 11 is 7.88. The number of carbonyl (C=O) groups is 1. The molecule has 0 atom stereocenters. The number of carbonyl (C=O) groups excluding carboxylic acids is 1. The van der Waals surface area contributed by atoms with Crippen molar-refractivity contribution in [3.63, 3.8) is 0 Å². The number of ketones is 1. The van der Waals surface area contributed by atoms with Gasteiger partial charge in [-0.25, -0.2) is 0 Å². The minimum absolute atomic E-state index is 0.153. The van der Waals surface area contributed by atoms with Gasteiger partial charge in [0.1, 0.15) is 0 Å². The normalized spacial score (nSPS) is 19.7. The van der Waals surface area contributed by atoms with Gasteiger partial charge in [-0.05, 0) is 26.0 Å². The van der Waals surface area contributed by atoms with Crippen LogP contribution in [0.15, 0.2) is 24.3 Å². The van der Waals surface area contributed by atoms with Gasteiger partial charge in [-0.2, -0.15) is 11.8 Å². The molecule has 1 aromatic carbocycles. The summed E-state index contributed by atoms with van der Waals surface area (Å²) in [5, 5.41) is 0.621. The monoisotopic (exact) mass is 283 g/mol. The minimum Gasteiger partial charge on any atom is -0.294 e. The molecule has 4 heteroatoms. The lowest BCUT2D eigenvalue weighted by molar-refractivity contribution is 0.0927. The Morgan fingerprint density at radius 1 is 1.50 bits per heavy atom. The first-order chi connectivity index (χ1) is 8.46. The molecule has 1 aliphatic rings. The number of benzene rings is 1. The van der Waals surface area contributed by atoms with Crippen LogP contribution < -0.4 is 0 Å². The van der Waals surface area contributed by atoms with Crippen LogP contribution in [-0.4, -0.2) is 40.8 Å². The lowest BCUT2D eigenvalue weighted by Gasteiger charge is -2.37. The zero-order valence-electron chi connectivity index (χ0n) is 10.8. The Morgan fingerprint density at radius 3 is 2.94 bits per heavy atom. The van der Waals surface area contributed by atoms with Crippen molar-refractivity contribution in [3.8, 4) is 0 Å². The average Bonchev–Trinajstić information content (AvgIpc) is 2.27. The Bertz CT molecular complexity index is 447. The number of hydrogen-bond acceptors (Lipinski definition) is 3. The Morgan fingerprint density at radius 2 is 2.28 bits per heavy atom. The molecule has 1 fully saturated rings. The Labute approximate surface area is 118 Å². The second-order valence-electron chi connectivity index (χ2n) is 5.25. The van der Waals surface area contributed by atoms with E-state index in [4.69, 9.17) is 11.6 Å². The number of nitrogens with zero attached hydrogens (tertiary/aromatic N) is 1. The number of Topliss-reactive ketones (excluding diaryl/α,β-unsaturated/α-hetero) is 1. The number of rotatable bonds is 3. The number of halogens is 1. The number of thioether (sulfide) groups is 1. The summed E-state index contributed by atoms with van der Waals surface area (Å²) in [5.74, 6) is 1.25. The first-order valence-electron chi connectivity index (χ1n) is 6.11. The van der Waals surface area contributed by atoms with Crippen molar-refractivity contribution < 1.29 is 4.79 Å². The van der Waals surface area contributed by atoms with Gasteiger partial charge < -0.3 is 0 Å². The maximum absolute atomic E-state index is 12.2. The van der Waals surface area contributed by atoms with Gasteiger partial charge in [0.05, 0.1) is 6.54 Å². The molecule has 2 nitrogen and oxygen atoms in total. The lowest BCUT2D eigenvalue weighted by Crippen LogP contribution is -2.45. The molecule has 0 saturated carbocycles. The van der Waals surface area contributed by atoms with E-state index in [2.05, 4.69) is 18.7 Å². The molecule has 1 saturated heterocycles. The van der Waals surface area contributed by atoms with Crippen molar-refractivity contribution >= 4 is 29.1 Å². The Kier molecular flexibility index (Phi) is 4.36. The van der Waals surface area contributed by atoms with Crippen LogP contribution in [0.1, 0.15) is 24.2 Å². The van der Waals surface area contributed by atoms with Crippen molar-refractivity contribution in [2.24, 2.45) is 0 Å². The summed E-state index contributed by atoms with van der Waals surface area (Å²) in [6.45, 7) is 6.90. The van der Waals surface area contributed by atoms with Gasteiger partial charge in [0, 0.05) is 34.2 Å². The molecule has 0 aromatic heterocycles. The van der Waals surface area contributed by atoms with E-state index >= 15 is 0 Å². The molecule has 1 heterocycles. The molecular weight excluding hydrogens is 266 g/mol. The first-order valence-corrected chi connectivity index (χ1v) is 7.48. The van der Waals surface area contributed by atoms with E-state index in [0.717, 1.165) is 18.8 Å². The molecule has 0 spiro atoms. The molecule has 0 bridgehead atoms. The summed E-state index contributed by atoms with van der Waals surface area (Å²) in [5.41, 5.74) is 0.707. The SMILES string of the molecule is CC1(C)CN(CC(=O)c2cccc(Cl)c2)CCS1. The van der Waals surface area contributed by atoms with Gasteiger partial charge in [-0.3, -0.25) is 9.69 Å². The fourth-order valence-electron chi connectivity index (χ4n) is 2.21. The van der Waals surface area contributed by atoms with Crippen LogP contribution in [0.3, 0.4) is 0 Å². The topological polar surface area (TPSA) is 20.3 Å². The third kappa shape index (κ3) is 3.74. The molecule has 0 radical (unpaired) electrons. The molecule has 0 aliphatic carbocycles. The molecule has 0 N–H and O–H groups in total. The minimum atomic E-state index is 0.153. The number of hydrogen-bond donors (Lipinski definition) is 0. The first kappa shape index (κ1) is 13.9. The van der Waals surface area contributed by atoms with Gasteiger partial charge in [0.2, 0.25) is 0 Å². The fraction of sp³-hybridized carbons (Fsp3) is 0.500. The summed E-state index contributed by atoms with van der Waals surface area (Å²) < 4.78 is 0.243. The molecule has 98 valence electrons. The predicted molar refractivity (Wildman–Crippen MR) is 78.8 cm³/mol. The second-order valence-corrected chi connectivity index (χ2v) is 7.49. The predicted octanol–water partition coefficient (Wildman–Crippen LogP) is 3.35. The highest BCUT2D eigenvalue weighted by Crippen LogP contribution is 2.29. The van der Waals surface area contributed by atoms with Gasteiger partial charge in [0.25, 0.3) is 0 Å². The summed E-state index contributed by atoms with van der Waals surface area (Å²) in [6.07, 6.45) is 0. The van der Waals surface area contributed by atoms with Crippen LogP contribution in [0.5, 0.6) is 0 Å². The van der Waals surface area contributed by atoms with Crippen LogP contribution >= 0.6 is 23.4 Å². The van der Waals surface area contributed by atoms with Crippen molar-refractivity contribution in [1.82, 2.24) is 4.90 Å². The molecule has 1 aliphatic heterocycles. The van der Waals surface area contributed by atoms with E-state index in [0.29, 0.717) is 17.1 Å². The fourth-order valence-corrected chi connectivity index (χ4v) is 3.57. The van der Waals surface area contributed by atoms with Crippen molar-refractivity contribution in [2.75, 3.05) is 25.4 Å². The molecular formula is C14H18ClNOS.